The summed E-state index contributed by atoms with van der Waals surface area (Å²) in [5.41, 5.74) is 1.42. The molecule has 7 nitrogen and oxygen atoms in total. The molecule has 0 bridgehead atoms. The second-order valence-electron chi connectivity index (χ2n) is 7.90. The zero-order chi connectivity index (χ0) is 26.8. The quantitative estimate of drug-likeness (QED) is 0.166. The molecule has 3 aromatic rings. The summed E-state index contributed by atoms with van der Waals surface area (Å²) in [6.07, 6.45) is 5.05. The van der Waals surface area contributed by atoms with Gasteiger partial charge in [-0.15, -0.1) is 0 Å². The Balaban J connectivity index is 1.91. The number of para-hydroxylation sites is 1. The van der Waals surface area contributed by atoms with Crippen LogP contribution in [0, 0.1) is 0 Å². The van der Waals surface area contributed by atoms with Crippen molar-refractivity contribution in [3.05, 3.63) is 125 Å². The highest BCUT2D eigenvalue weighted by Gasteiger charge is 2.18. The number of hydrogen-bond acceptors (Lipinski definition) is 4. The van der Waals surface area contributed by atoms with Gasteiger partial charge in [0.1, 0.15) is 25.1 Å². The maximum absolute atomic E-state index is 13.2. The minimum atomic E-state index is -1.19. The summed E-state index contributed by atoms with van der Waals surface area (Å²) in [5, 5.41) is 14.6. The maximum atomic E-state index is 13.2. The summed E-state index contributed by atoms with van der Waals surface area (Å²) < 4.78 is 5.80. The molecule has 0 fully saturated rings. The van der Waals surface area contributed by atoms with Crippen molar-refractivity contribution in [3.8, 4) is 5.75 Å². The van der Waals surface area contributed by atoms with Crippen LogP contribution in [0.4, 0.5) is 5.69 Å². The van der Waals surface area contributed by atoms with E-state index in [2.05, 4.69) is 10.6 Å². The fourth-order valence-corrected chi connectivity index (χ4v) is 3.23. The number of carbonyl (C=O) groups excluding carboxylic acids is 2. The molecule has 0 heterocycles. The van der Waals surface area contributed by atoms with Crippen molar-refractivity contribution in [2.75, 3.05) is 5.32 Å². The first-order chi connectivity index (χ1) is 17.8. The van der Waals surface area contributed by atoms with E-state index < -0.39 is 17.8 Å². The van der Waals surface area contributed by atoms with Crippen LogP contribution in [0.25, 0.3) is 6.08 Å². The molecule has 37 heavy (non-hydrogen) atoms. The molecule has 3 rings (SSSR count). The number of nitrogens with one attached hydrogen (secondary N) is 2. The summed E-state index contributed by atoms with van der Waals surface area (Å²) in [6, 6.07) is 21.3. The average Bonchev–Trinajstić information content (AvgIpc) is 2.89. The van der Waals surface area contributed by atoms with Gasteiger partial charge < -0.3 is 20.5 Å². The molecule has 0 saturated heterocycles. The lowest BCUT2D eigenvalue weighted by Crippen LogP contribution is -2.31. The molecule has 8 heteroatoms. The van der Waals surface area contributed by atoms with Crippen molar-refractivity contribution in [1.29, 1.82) is 0 Å². The molecule has 3 N–H and O–H groups in total. The largest absolute Gasteiger partial charge is 0.478 e. The summed E-state index contributed by atoms with van der Waals surface area (Å²) in [5.74, 6) is -1.32. The van der Waals surface area contributed by atoms with Gasteiger partial charge in [0.2, 0.25) is 0 Å². The Kier molecular flexibility index (Phi) is 9.21. The Morgan fingerprint density at radius 1 is 0.919 bits per heavy atom. The van der Waals surface area contributed by atoms with Crippen LogP contribution in [-0.4, -0.2) is 30.7 Å². The van der Waals surface area contributed by atoms with Crippen molar-refractivity contribution in [2.24, 2.45) is 0 Å². The molecule has 2 radical (unpaired) electrons. The highest BCUT2D eigenvalue weighted by molar-refractivity contribution is 6.21. The Morgan fingerprint density at radius 3 is 2.19 bits per heavy atom. The number of carbonyl (C=O) groups is 3. The van der Waals surface area contributed by atoms with E-state index in [4.69, 9.17) is 12.6 Å². The van der Waals surface area contributed by atoms with E-state index in [-0.39, 0.29) is 16.9 Å². The predicted molar refractivity (Wildman–Crippen MR) is 144 cm³/mol. The zero-order valence-electron chi connectivity index (χ0n) is 20.4. The van der Waals surface area contributed by atoms with Crippen LogP contribution < -0.4 is 15.4 Å². The monoisotopic (exact) mass is 492 g/mol. The number of aromatic carboxylic acids is 1. The molecule has 0 unspecified atom stereocenters. The van der Waals surface area contributed by atoms with Crippen molar-refractivity contribution in [2.45, 2.75) is 13.8 Å². The van der Waals surface area contributed by atoms with Gasteiger partial charge in [-0.3, -0.25) is 9.59 Å². The van der Waals surface area contributed by atoms with E-state index in [0.717, 1.165) is 0 Å². The molecule has 0 aliphatic heterocycles. The Labute approximate surface area is 216 Å². The average molecular weight is 492 g/mol. The van der Waals surface area contributed by atoms with Gasteiger partial charge in [0.05, 0.1) is 11.3 Å². The summed E-state index contributed by atoms with van der Waals surface area (Å²) in [7, 11) is 5.86. The van der Waals surface area contributed by atoms with E-state index in [1.807, 2.05) is 13.0 Å². The number of hydrogen-bond donors (Lipinski definition) is 3. The van der Waals surface area contributed by atoms with Gasteiger partial charge in [0.15, 0.2) is 0 Å². The first-order valence-corrected chi connectivity index (χ1v) is 11.4. The van der Waals surface area contributed by atoms with E-state index >= 15 is 0 Å². The maximum Gasteiger partial charge on any atom is 0.337 e. The molecule has 0 aromatic heterocycles. The van der Waals surface area contributed by atoms with Gasteiger partial charge >= 0.3 is 5.97 Å². The third-order valence-electron chi connectivity index (χ3n) is 5.06. The van der Waals surface area contributed by atoms with Crippen molar-refractivity contribution < 1.29 is 24.2 Å². The van der Waals surface area contributed by atoms with Crippen LogP contribution in [-0.2, 0) is 4.79 Å². The first-order valence-electron chi connectivity index (χ1n) is 11.4. The van der Waals surface area contributed by atoms with Gasteiger partial charge in [-0.05, 0) is 68.0 Å². The minimum Gasteiger partial charge on any atom is -0.478 e. The molecule has 0 aliphatic carbocycles. The summed E-state index contributed by atoms with van der Waals surface area (Å²) in [4.78, 5) is 37.5. The van der Waals surface area contributed by atoms with Crippen molar-refractivity contribution in [3.63, 3.8) is 0 Å². The number of ether oxygens (including phenoxy) is 1. The van der Waals surface area contributed by atoms with Crippen LogP contribution in [0.2, 0.25) is 0 Å². The SMILES string of the molecule is [B]/C(C)=C(/C=C\C)Oc1ccc(/C=C(\NC(=O)c2ccccc2)C(=O)Nc2ccccc2C(=O)O)cc1. The minimum absolute atomic E-state index is 0.0741. The lowest BCUT2D eigenvalue weighted by molar-refractivity contribution is -0.113. The Bertz CT molecular complexity index is 1370. The molecule has 3 aromatic carbocycles. The first kappa shape index (κ1) is 26.8. The van der Waals surface area contributed by atoms with Gasteiger partial charge in [0, 0.05) is 5.56 Å². The van der Waals surface area contributed by atoms with Gasteiger partial charge in [-0.1, -0.05) is 54.0 Å². The van der Waals surface area contributed by atoms with Gasteiger partial charge in [0.25, 0.3) is 11.8 Å². The zero-order valence-corrected chi connectivity index (χ0v) is 20.4. The van der Waals surface area contributed by atoms with Crippen molar-refractivity contribution >= 4 is 37.4 Å². The lowest BCUT2D eigenvalue weighted by atomic mass is 9.96. The third kappa shape index (κ3) is 7.57. The molecule has 0 aliphatic rings. The number of carboxylic acid groups (broad SMARTS) is 1. The number of allylic oxidation sites excluding steroid dienone is 3. The lowest BCUT2D eigenvalue weighted by Gasteiger charge is -2.13. The smallest absolute Gasteiger partial charge is 0.337 e. The van der Waals surface area contributed by atoms with Gasteiger partial charge in [-0.2, -0.15) is 0 Å². The fourth-order valence-electron chi connectivity index (χ4n) is 3.23. The highest BCUT2D eigenvalue weighted by Crippen LogP contribution is 2.20. The van der Waals surface area contributed by atoms with E-state index in [9.17, 15) is 19.5 Å². The molecular weight excluding hydrogens is 467 g/mol. The molecule has 184 valence electrons. The molecule has 0 atom stereocenters. The van der Waals surface area contributed by atoms with Crippen LogP contribution in [0.5, 0.6) is 5.75 Å². The topological polar surface area (TPSA) is 105 Å². The highest BCUT2D eigenvalue weighted by atomic mass is 16.5. The number of amides is 2. The normalized spacial score (nSPS) is 12.0. The Morgan fingerprint density at radius 2 is 1.57 bits per heavy atom. The summed E-state index contributed by atoms with van der Waals surface area (Å²) in [6.45, 7) is 3.58. The molecule has 2 amide bonds. The van der Waals surface area contributed by atoms with E-state index in [1.54, 1.807) is 79.7 Å². The summed E-state index contributed by atoms with van der Waals surface area (Å²) >= 11 is 0. The number of anilines is 1. The van der Waals surface area contributed by atoms with E-state index in [0.29, 0.717) is 28.1 Å². The number of benzene rings is 3. The van der Waals surface area contributed by atoms with Crippen LogP contribution in [0.15, 0.2) is 108 Å². The van der Waals surface area contributed by atoms with Crippen LogP contribution in [0.3, 0.4) is 0 Å². The van der Waals surface area contributed by atoms with Crippen LogP contribution >= 0.6 is 0 Å². The second kappa shape index (κ2) is 12.7. The predicted octanol–water partition coefficient (Wildman–Crippen LogP) is 5.15. The van der Waals surface area contributed by atoms with Crippen LogP contribution in [0.1, 0.15) is 40.1 Å². The van der Waals surface area contributed by atoms with Crippen molar-refractivity contribution in [1.82, 2.24) is 5.32 Å². The number of rotatable bonds is 9. The molecule has 0 saturated carbocycles. The standard InChI is InChI=1S/C29H25BN2O5/c1-3-9-26(19(2)30)37-22-16-14-20(15-17-22)18-25(32-27(33)21-10-5-4-6-11-21)28(34)31-24-13-8-7-12-23(24)29(35)36/h3-18H,1-2H3,(H,31,34)(H,32,33)(H,35,36)/b9-3-,25-18-,26-19-. The van der Waals surface area contributed by atoms with Gasteiger partial charge in [-0.25, -0.2) is 4.79 Å². The number of carboxylic acids is 1. The third-order valence-corrected chi connectivity index (χ3v) is 5.06. The van der Waals surface area contributed by atoms with E-state index in [1.165, 1.54) is 18.2 Å². The Hall–Kier alpha value is -4.85. The molecule has 0 spiro atoms. The second-order valence-corrected chi connectivity index (χ2v) is 7.90. The fraction of sp³-hybridized carbons (Fsp3) is 0.0690. The molecular formula is C29H25BN2O5.